The summed E-state index contributed by atoms with van der Waals surface area (Å²) in [5, 5.41) is 7.84. The highest BCUT2D eigenvalue weighted by molar-refractivity contribution is 4.96. The Kier molecular flexibility index (Phi) is 3.02. The molecule has 16 heavy (non-hydrogen) atoms. The van der Waals surface area contributed by atoms with Gasteiger partial charge in [-0.25, -0.2) is 9.67 Å². The minimum atomic E-state index is 0.230. The summed E-state index contributed by atoms with van der Waals surface area (Å²) >= 11 is 0. The van der Waals surface area contributed by atoms with Crippen LogP contribution in [0, 0.1) is 5.92 Å². The van der Waals surface area contributed by atoms with Gasteiger partial charge >= 0.3 is 0 Å². The molecule has 1 aromatic heterocycles. The van der Waals surface area contributed by atoms with E-state index in [1.165, 1.54) is 12.8 Å². The monoisotopic (exact) mass is 222 g/mol. The van der Waals surface area contributed by atoms with Crippen molar-refractivity contribution in [3.63, 3.8) is 0 Å². The first-order valence-electron chi connectivity index (χ1n) is 6.14. The van der Waals surface area contributed by atoms with Crippen molar-refractivity contribution in [2.24, 2.45) is 5.92 Å². The fourth-order valence-electron chi connectivity index (χ4n) is 2.09. The van der Waals surface area contributed by atoms with Gasteiger partial charge in [0.25, 0.3) is 0 Å². The molecule has 0 radical (unpaired) electrons. The zero-order chi connectivity index (χ0) is 11.8. The maximum Gasteiger partial charge on any atom is 0.141 e. The van der Waals surface area contributed by atoms with E-state index in [1.807, 2.05) is 4.68 Å². The average Bonchev–Trinajstić information content (AvgIpc) is 2.95. The second-order valence-electron chi connectivity index (χ2n) is 5.56. The first-order chi connectivity index (χ1) is 7.50. The van der Waals surface area contributed by atoms with Crippen LogP contribution in [0.4, 0.5) is 0 Å². The van der Waals surface area contributed by atoms with Gasteiger partial charge in [0.2, 0.25) is 0 Å². The Morgan fingerprint density at radius 3 is 2.75 bits per heavy atom. The first-order valence-corrected chi connectivity index (χ1v) is 6.14. The van der Waals surface area contributed by atoms with Crippen LogP contribution in [-0.4, -0.2) is 20.3 Å². The van der Waals surface area contributed by atoms with Crippen LogP contribution in [0.5, 0.6) is 0 Å². The van der Waals surface area contributed by atoms with Crippen molar-refractivity contribution in [2.75, 3.05) is 0 Å². The van der Waals surface area contributed by atoms with Gasteiger partial charge in [-0.1, -0.05) is 0 Å². The molecule has 1 aromatic rings. The Hall–Kier alpha value is -0.900. The molecule has 1 aliphatic carbocycles. The van der Waals surface area contributed by atoms with Crippen LogP contribution in [0.25, 0.3) is 0 Å². The predicted molar refractivity (Wildman–Crippen MR) is 64.0 cm³/mol. The maximum absolute atomic E-state index is 4.31. The molecule has 4 heteroatoms. The lowest BCUT2D eigenvalue weighted by Crippen LogP contribution is -2.41. The number of hydrogen-bond donors (Lipinski definition) is 1. The highest BCUT2D eigenvalue weighted by Gasteiger charge is 2.37. The van der Waals surface area contributed by atoms with Crippen LogP contribution in [0.15, 0.2) is 6.33 Å². The van der Waals surface area contributed by atoms with Gasteiger partial charge in [-0.2, -0.15) is 5.10 Å². The minimum absolute atomic E-state index is 0.230. The Morgan fingerprint density at radius 1 is 1.50 bits per heavy atom. The third kappa shape index (κ3) is 2.43. The van der Waals surface area contributed by atoms with Gasteiger partial charge < -0.3 is 5.32 Å². The molecule has 90 valence electrons. The van der Waals surface area contributed by atoms with Gasteiger partial charge in [0, 0.05) is 11.6 Å². The van der Waals surface area contributed by atoms with Crippen molar-refractivity contribution in [1.29, 1.82) is 0 Å². The van der Waals surface area contributed by atoms with Crippen molar-refractivity contribution in [1.82, 2.24) is 20.1 Å². The fourth-order valence-corrected chi connectivity index (χ4v) is 2.09. The third-order valence-electron chi connectivity index (χ3n) is 3.44. The van der Waals surface area contributed by atoms with Gasteiger partial charge in [0.15, 0.2) is 0 Å². The van der Waals surface area contributed by atoms with Crippen LogP contribution in [0.1, 0.15) is 52.4 Å². The first kappa shape index (κ1) is 11.6. The summed E-state index contributed by atoms with van der Waals surface area (Å²) < 4.78 is 1.98. The SMILES string of the molecule is CC(C)n1ncnc1CNC(C)(C)C1CC1. The standard InChI is InChI=1S/C12H22N4/c1-9(2)16-11(13-8-15-16)7-14-12(3,4)10-5-6-10/h8-10,14H,5-7H2,1-4H3. The van der Waals surface area contributed by atoms with Crippen LogP contribution < -0.4 is 5.32 Å². The van der Waals surface area contributed by atoms with E-state index in [2.05, 4.69) is 43.1 Å². The summed E-state index contributed by atoms with van der Waals surface area (Å²) in [5.74, 6) is 1.87. The molecule has 0 unspecified atom stereocenters. The Labute approximate surface area is 97.5 Å². The Balaban J connectivity index is 1.96. The highest BCUT2D eigenvalue weighted by Crippen LogP contribution is 2.39. The van der Waals surface area contributed by atoms with E-state index in [0.29, 0.717) is 6.04 Å². The van der Waals surface area contributed by atoms with E-state index in [0.717, 1.165) is 18.3 Å². The summed E-state index contributed by atoms with van der Waals surface area (Å²) in [6.45, 7) is 9.62. The van der Waals surface area contributed by atoms with Crippen molar-refractivity contribution < 1.29 is 0 Å². The van der Waals surface area contributed by atoms with E-state index < -0.39 is 0 Å². The van der Waals surface area contributed by atoms with Crippen LogP contribution >= 0.6 is 0 Å². The maximum atomic E-state index is 4.31. The number of rotatable bonds is 5. The molecule has 1 saturated carbocycles. The highest BCUT2D eigenvalue weighted by atomic mass is 15.4. The summed E-state index contributed by atoms with van der Waals surface area (Å²) in [6.07, 6.45) is 4.36. The predicted octanol–water partition coefficient (Wildman–Crippen LogP) is 2.14. The van der Waals surface area contributed by atoms with Crippen molar-refractivity contribution in [3.05, 3.63) is 12.2 Å². The van der Waals surface area contributed by atoms with E-state index in [-0.39, 0.29) is 5.54 Å². The molecule has 0 aromatic carbocycles. The number of nitrogens with one attached hydrogen (secondary N) is 1. The van der Waals surface area contributed by atoms with E-state index in [9.17, 15) is 0 Å². The van der Waals surface area contributed by atoms with Gasteiger partial charge in [0.05, 0.1) is 6.54 Å². The second-order valence-corrected chi connectivity index (χ2v) is 5.56. The largest absolute Gasteiger partial charge is 0.305 e. The lowest BCUT2D eigenvalue weighted by Gasteiger charge is -2.26. The molecule has 1 aliphatic rings. The second kappa shape index (κ2) is 4.17. The molecule has 1 fully saturated rings. The molecule has 0 atom stereocenters. The topological polar surface area (TPSA) is 42.7 Å². The van der Waals surface area contributed by atoms with Gasteiger partial charge in [-0.15, -0.1) is 0 Å². The number of nitrogens with zero attached hydrogens (tertiary/aromatic N) is 3. The van der Waals surface area contributed by atoms with E-state index in [4.69, 9.17) is 0 Å². The quantitative estimate of drug-likeness (QED) is 0.830. The molecule has 1 heterocycles. The summed E-state index contributed by atoms with van der Waals surface area (Å²) in [5.41, 5.74) is 0.230. The fraction of sp³-hybridized carbons (Fsp3) is 0.833. The van der Waals surface area contributed by atoms with Crippen LogP contribution in [0.3, 0.4) is 0 Å². The van der Waals surface area contributed by atoms with Gasteiger partial charge in [-0.3, -0.25) is 0 Å². The molecule has 2 rings (SSSR count). The summed E-state index contributed by atoms with van der Waals surface area (Å²) in [6, 6.07) is 0.378. The molecule has 0 amide bonds. The van der Waals surface area contributed by atoms with E-state index in [1.54, 1.807) is 6.33 Å². The average molecular weight is 222 g/mol. The van der Waals surface area contributed by atoms with Crippen LogP contribution in [0.2, 0.25) is 0 Å². The van der Waals surface area contributed by atoms with Crippen LogP contribution in [-0.2, 0) is 6.54 Å². The third-order valence-corrected chi connectivity index (χ3v) is 3.44. The Bertz CT molecular complexity index is 350. The lowest BCUT2D eigenvalue weighted by molar-refractivity contribution is 0.329. The van der Waals surface area contributed by atoms with Gasteiger partial charge in [-0.05, 0) is 46.5 Å². The molecule has 4 nitrogen and oxygen atoms in total. The molecule has 1 N–H and O–H groups in total. The van der Waals surface area contributed by atoms with Crippen molar-refractivity contribution in [2.45, 2.75) is 58.7 Å². The van der Waals surface area contributed by atoms with E-state index >= 15 is 0 Å². The lowest BCUT2D eigenvalue weighted by atomic mass is 9.99. The minimum Gasteiger partial charge on any atom is -0.305 e. The molecule has 0 bridgehead atoms. The molecular formula is C12H22N4. The number of aromatic nitrogens is 3. The van der Waals surface area contributed by atoms with Gasteiger partial charge in [0.1, 0.15) is 12.2 Å². The summed E-state index contributed by atoms with van der Waals surface area (Å²) in [4.78, 5) is 4.31. The summed E-state index contributed by atoms with van der Waals surface area (Å²) in [7, 11) is 0. The normalized spacial score (nSPS) is 17.1. The van der Waals surface area contributed by atoms with Crippen molar-refractivity contribution >= 4 is 0 Å². The zero-order valence-electron chi connectivity index (χ0n) is 10.7. The molecule has 0 aliphatic heterocycles. The zero-order valence-corrected chi connectivity index (χ0v) is 10.7. The molecule has 0 spiro atoms. The molecular weight excluding hydrogens is 200 g/mol. The van der Waals surface area contributed by atoms with Crippen molar-refractivity contribution in [3.8, 4) is 0 Å². The number of hydrogen-bond acceptors (Lipinski definition) is 3. The molecule has 0 saturated heterocycles. The Morgan fingerprint density at radius 2 is 2.19 bits per heavy atom. The smallest absolute Gasteiger partial charge is 0.141 e.